The molecule has 0 atom stereocenters. The molecule has 2 aromatic rings. The van der Waals surface area contributed by atoms with Crippen molar-refractivity contribution >= 4 is 38.9 Å². The van der Waals surface area contributed by atoms with Gasteiger partial charge in [-0.2, -0.15) is 0 Å². The summed E-state index contributed by atoms with van der Waals surface area (Å²) in [7, 11) is 0. The summed E-state index contributed by atoms with van der Waals surface area (Å²) in [4.78, 5) is 22.5. The highest BCUT2D eigenvalue weighted by molar-refractivity contribution is 7.15. The summed E-state index contributed by atoms with van der Waals surface area (Å²) in [6.45, 7) is 6.51. The summed E-state index contributed by atoms with van der Waals surface area (Å²) in [5.74, 6) is 0.00183. The SMILES string of the molecule is C/C(C1=C(N)N(c2nc(C(=O)O)cs2)CC1)=C(/N)Nc1nc(C)c(C)s1. The second-order valence-electron chi connectivity index (χ2n) is 5.91. The number of aryl methyl sites for hydroxylation is 2. The fourth-order valence-electron chi connectivity index (χ4n) is 2.60. The topological polar surface area (TPSA) is 130 Å². The maximum Gasteiger partial charge on any atom is 0.355 e. The lowest BCUT2D eigenvalue weighted by atomic mass is 10.1. The van der Waals surface area contributed by atoms with Crippen molar-refractivity contribution in [3.8, 4) is 0 Å². The van der Waals surface area contributed by atoms with Crippen molar-refractivity contribution in [2.45, 2.75) is 27.2 Å². The zero-order valence-corrected chi connectivity index (χ0v) is 16.3. The van der Waals surface area contributed by atoms with Crippen molar-refractivity contribution in [3.63, 3.8) is 0 Å². The number of carboxylic acids is 1. The van der Waals surface area contributed by atoms with Gasteiger partial charge in [0.15, 0.2) is 16.0 Å². The van der Waals surface area contributed by atoms with Crippen LogP contribution in [-0.4, -0.2) is 27.6 Å². The van der Waals surface area contributed by atoms with E-state index in [1.165, 1.54) is 16.7 Å². The average molecular weight is 393 g/mol. The smallest absolute Gasteiger partial charge is 0.355 e. The normalized spacial score (nSPS) is 15.4. The van der Waals surface area contributed by atoms with Gasteiger partial charge in [-0.15, -0.1) is 22.7 Å². The van der Waals surface area contributed by atoms with Gasteiger partial charge in [-0.05, 0) is 32.8 Å². The molecule has 8 nitrogen and oxygen atoms in total. The maximum absolute atomic E-state index is 11.0. The monoisotopic (exact) mass is 392 g/mol. The van der Waals surface area contributed by atoms with Crippen LogP contribution in [0.4, 0.5) is 10.3 Å². The van der Waals surface area contributed by atoms with Gasteiger partial charge in [-0.25, -0.2) is 14.8 Å². The molecule has 0 bridgehead atoms. The van der Waals surface area contributed by atoms with Gasteiger partial charge in [0.1, 0.15) is 11.6 Å². The van der Waals surface area contributed by atoms with Gasteiger partial charge in [0, 0.05) is 22.4 Å². The highest BCUT2D eigenvalue weighted by atomic mass is 32.1. The fourth-order valence-corrected chi connectivity index (χ4v) is 4.26. The second kappa shape index (κ2) is 6.96. The zero-order chi connectivity index (χ0) is 19.0. The minimum atomic E-state index is -1.05. The van der Waals surface area contributed by atoms with E-state index in [1.807, 2.05) is 25.7 Å². The van der Waals surface area contributed by atoms with Crippen LogP contribution in [0.2, 0.25) is 0 Å². The molecule has 6 N–H and O–H groups in total. The molecule has 2 aromatic heterocycles. The van der Waals surface area contributed by atoms with Crippen LogP contribution in [0.25, 0.3) is 0 Å². The van der Waals surface area contributed by atoms with Crippen LogP contribution in [0.5, 0.6) is 0 Å². The summed E-state index contributed by atoms with van der Waals surface area (Å²) >= 11 is 2.80. The Balaban J connectivity index is 1.84. The van der Waals surface area contributed by atoms with Crippen LogP contribution in [0, 0.1) is 13.8 Å². The van der Waals surface area contributed by atoms with Crippen LogP contribution >= 0.6 is 22.7 Å². The molecule has 3 rings (SSSR count). The van der Waals surface area contributed by atoms with E-state index in [-0.39, 0.29) is 5.69 Å². The molecule has 0 aliphatic carbocycles. The molecule has 0 saturated heterocycles. The molecule has 10 heteroatoms. The number of nitrogens with one attached hydrogen (secondary N) is 1. The first-order chi connectivity index (χ1) is 12.3. The van der Waals surface area contributed by atoms with E-state index in [0.717, 1.165) is 26.8 Å². The molecule has 0 unspecified atom stereocenters. The number of rotatable bonds is 5. The average Bonchev–Trinajstić information content (AvgIpc) is 3.26. The van der Waals surface area contributed by atoms with E-state index in [4.69, 9.17) is 16.6 Å². The number of allylic oxidation sites excluding steroid dienone is 1. The predicted octanol–water partition coefficient (Wildman–Crippen LogP) is 2.60. The number of aromatic carboxylic acids is 1. The number of anilines is 2. The van der Waals surface area contributed by atoms with Crippen LogP contribution in [0.3, 0.4) is 0 Å². The molecule has 1 aliphatic heterocycles. The summed E-state index contributed by atoms with van der Waals surface area (Å²) < 4.78 is 0. The third kappa shape index (κ3) is 3.37. The lowest BCUT2D eigenvalue weighted by Crippen LogP contribution is -2.24. The number of aromatic nitrogens is 2. The first kappa shape index (κ1) is 18.2. The van der Waals surface area contributed by atoms with Gasteiger partial charge in [-0.3, -0.25) is 0 Å². The molecule has 3 heterocycles. The Morgan fingerprint density at radius 2 is 2.12 bits per heavy atom. The molecule has 26 heavy (non-hydrogen) atoms. The van der Waals surface area contributed by atoms with Gasteiger partial charge in [0.2, 0.25) is 0 Å². The Bertz CT molecular complexity index is 908. The van der Waals surface area contributed by atoms with Gasteiger partial charge in [-0.1, -0.05) is 0 Å². The van der Waals surface area contributed by atoms with E-state index in [2.05, 4.69) is 15.3 Å². The number of nitrogens with zero attached hydrogens (tertiary/aromatic N) is 3. The zero-order valence-electron chi connectivity index (χ0n) is 14.7. The van der Waals surface area contributed by atoms with Crippen molar-refractivity contribution < 1.29 is 9.90 Å². The molecular weight excluding hydrogens is 372 g/mol. The molecule has 138 valence electrons. The van der Waals surface area contributed by atoms with Crippen molar-refractivity contribution in [1.82, 2.24) is 9.97 Å². The summed E-state index contributed by atoms with van der Waals surface area (Å²) in [6.07, 6.45) is 0.706. The number of carbonyl (C=O) groups is 1. The van der Waals surface area contributed by atoms with Gasteiger partial charge < -0.3 is 26.8 Å². The third-order valence-corrected chi connectivity index (χ3v) is 6.11. The van der Waals surface area contributed by atoms with Crippen molar-refractivity contribution in [2.24, 2.45) is 11.5 Å². The van der Waals surface area contributed by atoms with E-state index in [0.29, 0.717) is 29.7 Å². The predicted molar refractivity (Wildman–Crippen MR) is 104 cm³/mol. The largest absolute Gasteiger partial charge is 0.476 e. The molecular formula is C16H20N6O2S2. The number of hydrogen-bond acceptors (Lipinski definition) is 9. The number of hydrogen-bond donors (Lipinski definition) is 4. The van der Waals surface area contributed by atoms with Crippen LogP contribution in [-0.2, 0) is 0 Å². The summed E-state index contributed by atoms with van der Waals surface area (Å²) in [6, 6.07) is 0. The van der Waals surface area contributed by atoms with Crippen molar-refractivity contribution in [1.29, 1.82) is 0 Å². The number of thiazole rings is 2. The van der Waals surface area contributed by atoms with E-state index >= 15 is 0 Å². The summed E-state index contributed by atoms with van der Waals surface area (Å²) in [5.41, 5.74) is 15.3. The molecule has 0 aromatic carbocycles. The lowest BCUT2D eigenvalue weighted by molar-refractivity contribution is 0.0691. The van der Waals surface area contributed by atoms with E-state index < -0.39 is 5.97 Å². The van der Waals surface area contributed by atoms with Crippen molar-refractivity contribution in [2.75, 3.05) is 16.8 Å². The second-order valence-corrected chi connectivity index (χ2v) is 7.95. The minimum absolute atomic E-state index is 0.0224. The molecule has 0 spiro atoms. The Hall–Kier alpha value is -2.59. The minimum Gasteiger partial charge on any atom is -0.476 e. The standard InChI is InChI=1S/C16H20N6O2S2/c1-7(12(17)21-15-19-8(2)9(3)26-15)10-4-5-22(13(10)18)16-20-11(6-25-16)14(23)24/h6H,4-5,17-18H2,1-3H3,(H,19,21)(H,23,24)/b12-7+. The van der Waals surface area contributed by atoms with Crippen LogP contribution in [0.15, 0.2) is 28.2 Å². The Morgan fingerprint density at radius 3 is 2.69 bits per heavy atom. The fraction of sp³-hybridized carbons (Fsp3) is 0.312. The van der Waals surface area contributed by atoms with Crippen LogP contribution in [0.1, 0.15) is 34.4 Å². The Labute approximate surface area is 158 Å². The number of nitrogens with two attached hydrogens (primary N) is 2. The highest BCUT2D eigenvalue weighted by Crippen LogP contribution is 2.33. The molecule has 1 aliphatic rings. The van der Waals surface area contributed by atoms with Crippen molar-refractivity contribution in [3.05, 3.63) is 44.4 Å². The quantitative estimate of drug-likeness (QED) is 0.611. The van der Waals surface area contributed by atoms with Gasteiger partial charge >= 0.3 is 5.97 Å². The Kier molecular flexibility index (Phi) is 4.88. The molecule has 0 saturated carbocycles. The number of carboxylic acid groups (broad SMARTS) is 1. The lowest BCUT2D eigenvalue weighted by Gasteiger charge is -2.16. The highest BCUT2D eigenvalue weighted by Gasteiger charge is 2.26. The van der Waals surface area contributed by atoms with E-state index in [1.54, 1.807) is 11.3 Å². The molecule has 0 fully saturated rings. The van der Waals surface area contributed by atoms with Gasteiger partial charge in [0.25, 0.3) is 0 Å². The Morgan fingerprint density at radius 1 is 1.38 bits per heavy atom. The van der Waals surface area contributed by atoms with Gasteiger partial charge in [0.05, 0.1) is 5.69 Å². The first-order valence-corrected chi connectivity index (χ1v) is 9.60. The third-order valence-electron chi connectivity index (χ3n) is 4.25. The molecule has 0 amide bonds. The summed E-state index contributed by atoms with van der Waals surface area (Å²) in [5, 5.41) is 15.0. The van der Waals surface area contributed by atoms with E-state index in [9.17, 15) is 4.79 Å². The molecule has 0 radical (unpaired) electrons. The maximum atomic E-state index is 11.0. The van der Waals surface area contributed by atoms with Crippen LogP contribution < -0.4 is 21.7 Å². The first-order valence-electron chi connectivity index (χ1n) is 7.90.